The van der Waals surface area contributed by atoms with Gasteiger partial charge in [-0.2, -0.15) is 0 Å². The summed E-state index contributed by atoms with van der Waals surface area (Å²) in [6.45, 7) is 4.12. The van der Waals surface area contributed by atoms with Crippen LogP contribution in [0, 0.1) is 0 Å². The van der Waals surface area contributed by atoms with Crippen LogP contribution in [0.2, 0.25) is 0 Å². The first-order valence-electron chi connectivity index (χ1n) is 7.43. The van der Waals surface area contributed by atoms with Gasteiger partial charge in [-0.1, -0.05) is 19.1 Å². The summed E-state index contributed by atoms with van der Waals surface area (Å²) in [5, 5.41) is 0.600. The van der Waals surface area contributed by atoms with E-state index in [9.17, 15) is 4.79 Å². The molecule has 1 unspecified atom stereocenters. The fourth-order valence-corrected chi connectivity index (χ4v) is 2.23. The summed E-state index contributed by atoms with van der Waals surface area (Å²) in [5.74, 6) is 1.39. The molecular formula is C18H18N2O2. The lowest BCUT2D eigenvalue weighted by Gasteiger charge is -2.12. The van der Waals surface area contributed by atoms with Crippen LogP contribution in [0.3, 0.4) is 0 Å². The summed E-state index contributed by atoms with van der Waals surface area (Å²) in [6.07, 6.45) is 1.14. The van der Waals surface area contributed by atoms with Crippen LogP contribution >= 0.6 is 0 Å². The van der Waals surface area contributed by atoms with Gasteiger partial charge in [-0.3, -0.25) is 4.79 Å². The molecule has 4 heteroatoms. The quantitative estimate of drug-likeness (QED) is 0.797. The van der Waals surface area contributed by atoms with Crippen molar-refractivity contribution in [3.8, 4) is 17.1 Å². The Hall–Kier alpha value is -2.62. The summed E-state index contributed by atoms with van der Waals surface area (Å²) in [7, 11) is 0. The molecule has 1 aromatic heterocycles. The largest absolute Gasteiger partial charge is 0.491 e. The Morgan fingerprint density at radius 3 is 2.59 bits per heavy atom. The fourth-order valence-electron chi connectivity index (χ4n) is 2.23. The zero-order chi connectivity index (χ0) is 15.5. The Morgan fingerprint density at radius 2 is 1.86 bits per heavy atom. The predicted molar refractivity (Wildman–Crippen MR) is 88.2 cm³/mol. The minimum atomic E-state index is -0.125. The number of benzene rings is 2. The monoisotopic (exact) mass is 294 g/mol. The average molecular weight is 294 g/mol. The Kier molecular flexibility index (Phi) is 3.92. The van der Waals surface area contributed by atoms with Crippen molar-refractivity contribution < 1.29 is 4.74 Å². The summed E-state index contributed by atoms with van der Waals surface area (Å²) in [5.41, 5.74) is 1.43. The highest BCUT2D eigenvalue weighted by molar-refractivity contribution is 5.79. The maximum absolute atomic E-state index is 12.1. The molecule has 1 heterocycles. The summed E-state index contributed by atoms with van der Waals surface area (Å²) in [6, 6.07) is 14.9. The first kappa shape index (κ1) is 14.3. The number of nitrogens with one attached hydrogen (secondary N) is 1. The molecule has 22 heavy (non-hydrogen) atoms. The highest BCUT2D eigenvalue weighted by Crippen LogP contribution is 2.21. The Bertz CT molecular complexity index is 838. The first-order valence-corrected chi connectivity index (χ1v) is 7.43. The van der Waals surface area contributed by atoms with Crippen molar-refractivity contribution in [2.24, 2.45) is 0 Å². The maximum Gasteiger partial charge on any atom is 0.259 e. The standard InChI is InChI=1S/C18H18N2O2/c1-3-12(2)22-14-10-8-13(9-11-14)17-19-16-7-5-4-6-15(16)18(21)20-17/h4-12H,3H2,1-2H3,(H,19,20,21). The summed E-state index contributed by atoms with van der Waals surface area (Å²) < 4.78 is 5.76. The van der Waals surface area contributed by atoms with Crippen LogP contribution in [-0.2, 0) is 0 Å². The minimum Gasteiger partial charge on any atom is -0.491 e. The molecule has 2 aromatic carbocycles. The van der Waals surface area contributed by atoms with Crippen LogP contribution in [0.4, 0.5) is 0 Å². The molecule has 112 valence electrons. The zero-order valence-corrected chi connectivity index (χ0v) is 12.7. The van der Waals surface area contributed by atoms with Gasteiger partial charge in [0.1, 0.15) is 11.6 Å². The van der Waals surface area contributed by atoms with Gasteiger partial charge in [0, 0.05) is 5.56 Å². The topological polar surface area (TPSA) is 55.0 Å². The number of aromatic amines is 1. The van der Waals surface area contributed by atoms with E-state index >= 15 is 0 Å². The van der Waals surface area contributed by atoms with Gasteiger partial charge < -0.3 is 9.72 Å². The van der Waals surface area contributed by atoms with Gasteiger partial charge >= 0.3 is 0 Å². The number of hydrogen-bond donors (Lipinski definition) is 1. The maximum atomic E-state index is 12.1. The van der Waals surface area contributed by atoms with Crippen LogP contribution < -0.4 is 10.3 Å². The summed E-state index contributed by atoms with van der Waals surface area (Å²) >= 11 is 0. The Morgan fingerprint density at radius 1 is 1.14 bits per heavy atom. The lowest BCUT2D eigenvalue weighted by Crippen LogP contribution is -2.10. The van der Waals surface area contributed by atoms with Gasteiger partial charge in [0.05, 0.1) is 17.0 Å². The Labute approximate surface area is 128 Å². The van der Waals surface area contributed by atoms with Crippen LogP contribution in [0.15, 0.2) is 53.3 Å². The molecule has 0 fully saturated rings. The van der Waals surface area contributed by atoms with E-state index in [4.69, 9.17) is 4.74 Å². The molecule has 0 radical (unpaired) electrons. The molecule has 0 saturated carbocycles. The number of nitrogens with zero attached hydrogens (tertiary/aromatic N) is 1. The molecule has 4 nitrogen and oxygen atoms in total. The van der Waals surface area contributed by atoms with Gasteiger partial charge in [0.2, 0.25) is 0 Å². The molecule has 0 amide bonds. The normalized spacial score (nSPS) is 12.3. The molecule has 0 aliphatic carbocycles. The molecule has 1 N–H and O–H groups in total. The molecule has 0 bridgehead atoms. The second kappa shape index (κ2) is 6.02. The highest BCUT2D eigenvalue weighted by atomic mass is 16.5. The minimum absolute atomic E-state index is 0.125. The van der Waals surface area contributed by atoms with Crippen molar-refractivity contribution in [3.05, 3.63) is 58.9 Å². The molecular weight excluding hydrogens is 276 g/mol. The van der Waals surface area contributed by atoms with Gasteiger partial charge in [-0.05, 0) is 49.7 Å². The van der Waals surface area contributed by atoms with Crippen LogP contribution in [0.1, 0.15) is 20.3 Å². The molecule has 0 aliphatic heterocycles. The molecule has 0 saturated heterocycles. The number of para-hydroxylation sites is 1. The highest BCUT2D eigenvalue weighted by Gasteiger charge is 2.06. The number of ether oxygens (including phenoxy) is 1. The lowest BCUT2D eigenvalue weighted by atomic mass is 10.2. The van der Waals surface area contributed by atoms with E-state index in [-0.39, 0.29) is 11.7 Å². The van der Waals surface area contributed by atoms with E-state index < -0.39 is 0 Å². The first-order chi connectivity index (χ1) is 10.7. The van der Waals surface area contributed by atoms with E-state index in [2.05, 4.69) is 16.9 Å². The van der Waals surface area contributed by atoms with E-state index in [1.54, 1.807) is 6.07 Å². The fraction of sp³-hybridized carbons (Fsp3) is 0.222. The number of H-pyrrole nitrogens is 1. The number of fused-ring (bicyclic) bond motifs is 1. The smallest absolute Gasteiger partial charge is 0.259 e. The van der Waals surface area contributed by atoms with Gasteiger partial charge in [0.25, 0.3) is 5.56 Å². The molecule has 0 aliphatic rings. The third-order valence-corrected chi connectivity index (χ3v) is 3.65. The second-order valence-electron chi connectivity index (χ2n) is 5.29. The molecule has 3 aromatic rings. The molecule has 0 spiro atoms. The lowest BCUT2D eigenvalue weighted by molar-refractivity contribution is 0.217. The third-order valence-electron chi connectivity index (χ3n) is 3.65. The number of hydrogen-bond acceptors (Lipinski definition) is 3. The molecule has 3 rings (SSSR count). The van der Waals surface area contributed by atoms with Crippen molar-refractivity contribution in [1.29, 1.82) is 0 Å². The SMILES string of the molecule is CCC(C)Oc1ccc(-c2nc3ccccc3c(=O)[nH]2)cc1. The van der Waals surface area contributed by atoms with Crippen molar-refractivity contribution in [3.63, 3.8) is 0 Å². The molecule has 1 atom stereocenters. The van der Waals surface area contributed by atoms with Gasteiger partial charge in [0.15, 0.2) is 0 Å². The van der Waals surface area contributed by atoms with E-state index in [0.29, 0.717) is 16.7 Å². The van der Waals surface area contributed by atoms with Gasteiger partial charge in [-0.15, -0.1) is 0 Å². The van der Waals surface area contributed by atoms with Crippen molar-refractivity contribution in [2.45, 2.75) is 26.4 Å². The zero-order valence-electron chi connectivity index (χ0n) is 12.7. The number of aromatic nitrogens is 2. The van der Waals surface area contributed by atoms with Crippen LogP contribution in [0.5, 0.6) is 5.75 Å². The second-order valence-corrected chi connectivity index (χ2v) is 5.29. The number of rotatable bonds is 4. The van der Waals surface area contributed by atoms with Gasteiger partial charge in [-0.25, -0.2) is 4.98 Å². The third kappa shape index (κ3) is 2.86. The van der Waals surface area contributed by atoms with E-state index in [1.165, 1.54) is 0 Å². The van der Waals surface area contributed by atoms with Crippen molar-refractivity contribution in [1.82, 2.24) is 9.97 Å². The van der Waals surface area contributed by atoms with Crippen molar-refractivity contribution >= 4 is 10.9 Å². The average Bonchev–Trinajstić information content (AvgIpc) is 2.55. The van der Waals surface area contributed by atoms with E-state index in [1.807, 2.05) is 49.4 Å². The van der Waals surface area contributed by atoms with Crippen LogP contribution in [-0.4, -0.2) is 16.1 Å². The van der Waals surface area contributed by atoms with E-state index in [0.717, 1.165) is 17.7 Å². The Balaban J connectivity index is 1.96. The van der Waals surface area contributed by atoms with Crippen molar-refractivity contribution in [2.75, 3.05) is 0 Å². The predicted octanol–water partition coefficient (Wildman–Crippen LogP) is 3.77. The van der Waals surface area contributed by atoms with Crippen LogP contribution in [0.25, 0.3) is 22.3 Å². The summed E-state index contributed by atoms with van der Waals surface area (Å²) in [4.78, 5) is 19.5.